The summed E-state index contributed by atoms with van der Waals surface area (Å²) >= 11 is 0. The van der Waals surface area contributed by atoms with Crippen LogP contribution in [0, 0.1) is 0 Å². The van der Waals surface area contributed by atoms with Gasteiger partial charge in [0, 0.05) is 18.0 Å². The highest BCUT2D eigenvalue weighted by Gasteiger charge is 2.16. The minimum atomic E-state index is -3.89. The summed E-state index contributed by atoms with van der Waals surface area (Å²) in [5.74, 6) is -0.915. The highest BCUT2D eigenvalue weighted by atomic mass is 32.2. The largest absolute Gasteiger partial charge is 0.480 e. The summed E-state index contributed by atoms with van der Waals surface area (Å²) in [7, 11) is -3.89. The standard InChI is InChI=1S/C15H14N6O4S/c22-14(23)9-17-26(24,25)13-3-1-12(2-4-13)15-18-20-21(19-15)10-11-5-7-16-8-6-11/h1-8,17H,9-10H2,(H,22,23). The van der Waals surface area contributed by atoms with Crippen molar-refractivity contribution in [1.29, 1.82) is 0 Å². The van der Waals surface area contributed by atoms with Crippen LogP contribution in [0.1, 0.15) is 5.56 Å². The van der Waals surface area contributed by atoms with E-state index in [1.165, 1.54) is 29.1 Å². The molecule has 0 amide bonds. The van der Waals surface area contributed by atoms with E-state index in [4.69, 9.17) is 5.11 Å². The molecule has 0 spiro atoms. The Balaban J connectivity index is 1.74. The molecule has 134 valence electrons. The highest BCUT2D eigenvalue weighted by Crippen LogP contribution is 2.17. The van der Waals surface area contributed by atoms with Crippen LogP contribution in [0.2, 0.25) is 0 Å². The Kier molecular flexibility index (Phi) is 5.00. The second-order valence-electron chi connectivity index (χ2n) is 5.24. The van der Waals surface area contributed by atoms with Crippen LogP contribution in [0.4, 0.5) is 0 Å². The van der Waals surface area contributed by atoms with Crippen molar-refractivity contribution < 1.29 is 18.3 Å². The Morgan fingerprint density at radius 2 is 1.81 bits per heavy atom. The van der Waals surface area contributed by atoms with Crippen molar-refractivity contribution in [3.8, 4) is 11.4 Å². The molecule has 0 aliphatic heterocycles. The number of tetrazole rings is 1. The zero-order valence-electron chi connectivity index (χ0n) is 13.3. The quantitative estimate of drug-likeness (QED) is 0.595. The predicted octanol–water partition coefficient (Wildman–Crippen LogP) is 0.146. The van der Waals surface area contributed by atoms with Gasteiger partial charge in [0.1, 0.15) is 6.54 Å². The molecular formula is C15H14N6O4S. The Hall–Kier alpha value is -3.18. The minimum Gasteiger partial charge on any atom is -0.480 e. The number of hydrogen-bond acceptors (Lipinski definition) is 7. The maximum absolute atomic E-state index is 12.0. The van der Waals surface area contributed by atoms with Gasteiger partial charge >= 0.3 is 5.97 Å². The molecule has 0 bridgehead atoms. The number of benzene rings is 1. The summed E-state index contributed by atoms with van der Waals surface area (Å²) in [6.45, 7) is -0.254. The SMILES string of the molecule is O=C(O)CNS(=O)(=O)c1ccc(-c2nnn(Cc3ccncc3)n2)cc1. The van der Waals surface area contributed by atoms with Gasteiger partial charge in [-0.1, -0.05) is 0 Å². The van der Waals surface area contributed by atoms with Crippen LogP contribution in [0.25, 0.3) is 11.4 Å². The van der Waals surface area contributed by atoms with Crippen molar-refractivity contribution in [1.82, 2.24) is 29.9 Å². The number of carbonyl (C=O) groups is 1. The number of sulfonamides is 1. The Morgan fingerprint density at radius 3 is 2.46 bits per heavy atom. The fourth-order valence-electron chi connectivity index (χ4n) is 2.10. The molecule has 0 aliphatic carbocycles. The Labute approximate surface area is 148 Å². The lowest BCUT2D eigenvalue weighted by Gasteiger charge is -2.04. The van der Waals surface area contributed by atoms with Gasteiger partial charge in [0.25, 0.3) is 0 Å². The van der Waals surface area contributed by atoms with Gasteiger partial charge < -0.3 is 5.11 Å². The molecule has 0 atom stereocenters. The molecular weight excluding hydrogens is 360 g/mol. The molecule has 0 aliphatic rings. The molecule has 0 saturated carbocycles. The first-order chi connectivity index (χ1) is 12.4. The van der Waals surface area contributed by atoms with E-state index < -0.39 is 22.5 Å². The topological polar surface area (TPSA) is 140 Å². The lowest BCUT2D eigenvalue weighted by Crippen LogP contribution is -2.29. The van der Waals surface area contributed by atoms with Crippen molar-refractivity contribution in [3.05, 3.63) is 54.4 Å². The Morgan fingerprint density at radius 1 is 1.12 bits per heavy atom. The molecule has 10 nitrogen and oxygen atoms in total. The predicted molar refractivity (Wildman–Crippen MR) is 89.4 cm³/mol. The summed E-state index contributed by atoms with van der Waals surface area (Å²) in [5.41, 5.74) is 1.55. The first-order valence-electron chi connectivity index (χ1n) is 7.43. The molecule has 2 N–H and O–H groups in total. The van der Waals surface area contributed by atoms with Crippen molar-refractivity contribution in [2.45, 2.75) is 11.4 Å². The molecule has 0 unspecified atom stereocenters. The number of hydrogen-bond donors (Lipinski definition) is 2. The lowest BCUT2D eigenvalue weighted by atomic mass is 10.2. The number of carboxylic acids is 1. The van der Waals surface area contributed by atoms with Crippen LogP contribution in [-0.2, 0) is 21.4 Å². The molecule has 11 heteroatoms. The maximum atomic E-state index is 12.0. The van der Waals surface area contributed by atoms with Crippen LogP contribution >= 0.6 is 0 Å². The average molecular weight is 374 g/mol. The Bertz CT molecular complexity index is 1000. The van der Waals surface area contributed by atoms with E-state index in [1.54, 1.807) is 12.4 Å². The van der Waals surface area contributed by atoms with E-state index in [2.05, 4.69) is 20.4 Å². The van der Waals surface area contributed by atoms with Crippen molar-refractivity contribution in [3.63, 3.8) is 0 Å². The number of rotatable bonds is 7. The lowest BCUT2D eigenvalue weighted by molar-refractivity contribution is -0.135. The van der Waals surface area contributed by atoms with Gasteiger partial charge in [0.15, 0.2) is 0 Å². The summed E-state index contributed by atoms with van der Waals surface area (Å²) < 4.78 is 25.9. The molecule has 3 rings (SSSR count). The van der Waals surface area contributed by atoms with Crippen LogP contribution in [-0.4, -0.2) is 51.2 Å². The van der Waals surface area contributed by atoms with Crippen molar-refractivity contribution >= 4 is 16.0 Å². The summed E-state index contributed by atoms with van der Waals surface area (Å²) in [5, 5.41) is 20.8. The van der Waals surface area contributed by atoms with Crippen molar-refractivity contribution in [2.75, 3.05) is 6.54 Å². The van der Waals surface area contributed by atoms with Crippen LogP contribution in [0.15, 0.2) is 53.7 Å². The zero-order valence-corrected chi connectivity index (χ0v) is 14.2. The van der Waals surface area contributed by atoms with Gasteiger partial charge in [-0.15, -0.1) is 10.2 Å². The molecule has 2 aromatic heterocycles. The third kappa shape index (κ3) is 4.26. The van der Waals surface area contributed by atoms with Crippen LogP contribution < -0.4 is 4.72 Å². The average Bonchev–Trinajstić information content (AvgIpc) is 3.09. The third-order valence-corrected chi connectivity index (χ3v) is 4.78. The van der Waals surface area contributed by atoms with E-state index in [-0.39, 0.29) is 4.90 Å². The van der Waals surface area contributed by atoms with E-state index >= 15 is 0 Å². The summed E-state index contributed by atoms with van der Waals surface area (Å²) in [4.78, 5) is 15.8. The molecule has 2 heterocycles. The van der Waals surface area contributed by atoms with Gasteiger partial charge in [0.05, 0.1) is 11.4 Å². The monoisotopic (exact) mass is 374 g/mol. The third-order valence-electron chi connectivity index (χ3n) is 3.36. The maximum Gasteiger partial charge on any atom is 0.318 e. The van der Waals surface area contributed by atoms with E-state index in [1.807, 2.05) is 16.9 Å². The molecule has 26 heavy (non-hydrogen) atoms. The summed E-state index contributed by atoms with van der Waals surface area (Å²) in [6.07, 6.45) is 3.34. The van der Waals surface area contributed by atoms with Gasteiger partial charge in [-0.25, -0.2) is 8.42 Å². The van der Waals surface area contributed by atoms with E-state index in [0.717, 1.165) is 5.56 Å². The molecule has 0 fully saturated rings. The van der Waals surface area contributed by atoms with Crippen LogP contribution in [0.3, 0.4) is 0 Å². The first-order valence-corrected chi connectivity index (χ1v) is 8.91. The zero-order chi connectivity index (χ0) is 18.6. The number of nitrogens with one attached hydrogen (secondary N) is 1. The normalized spacial score (nSPS) is 11.4. The van der Waals surface area contributed by atoms with Gasteiger partial charge in [-0.3, -0.25) is 9.78 Å². The van der Waals surface area contributed by atoms with E-state index in [9.17, 15) is 13.2 Å². The van der Waals surface area contributed by atoms with Crippen molar-refractivity contribution in [2.24, 2.45) is 0 Å². The summed E-state index contributed by atoms with van der Waals surface area (Å²) in [6, 6.07) is 9.44. The molecule has 0 saturated heterocycles. The number of aliphatic carboxylic acids is 1. The number of nitrogens with zero attached hydrogens (tertiary/aromatic N) is 5. The second kappa shape index (κ2) is 7.37. The highest BCUT2D eigenvalue weighted by molar-refractivity contribution is 7.89. The number of aromatic nitrogens is 5. The number of carboxylic acid groups (broad SMARTS) is 1. The van der Waals surface area contributed by atoms with Gasteiger partial charge in [-0.05, 0) is 47.2 Å². The van der Waals surface area contributed by atoms with Gasteiger partial charge in [0.2, 0.25) is 15.8 Å². The fourth-order valence-corrected chi connectivity index (χ4v) is 3.08. The first kappa shape index (κ1) is 17.6. The van der Waals surface area contributed by atoms with Gasteiger partial charge in [-0.2, -0.15) is 9.52 Å². The number of pyridine rings is 1. The molecule has 1 aromatic carbocycles. The smallest absolute Gasteiger partial charge is 0.318 e. The van der Waals surface area contributed by atoms with E-state index in [0.29, 0.717) is 17.9 Å². The van der Waals surface area contributed by atoms with Crippen LogP contribution in [0.5, 0.6) is 0 Å². The molecule has 0 radical (unpaired) electrons. The molecule has 3 aromatic rings. The minimum absolute atomic E-state index is 0.0494. The second-order valence-corrected chi connectivity index (χ2v) is 7.01. The fraction of sp³-hybridized carbons (Fsp3) is 0.133.